The van der Waals surface area contributed by atoms with Crippen LogP contribution < -0.4 is 5.32 Å². The average molecular weight is 232 g/mol. The normalized spacial score (nSPS) is 12.5. The molecule has 0 fully saturated rings. The standard InChI is InChI=1S/C10H20N2O4/c1-4-16-6-5-12(3)7-9(10(14)15)11-8(2)13/h9H,4-7H2,1-3H3,(H,11,13)(H,14,15). The number of nitrogens with one attached hydrogen (secondary N) is 1. The number of likely N-dealkylation sites (N-methyl/N-ethyl adjacent to an activating group) is 1. The summed E-state index contributed by atoms with van der Waals surface area (Å²) in [7, 11) is 1.79. The van der Waals surface area contributed by atoms with Crippen molar-refractivity contribution in [1.29, 1.82) is 0 Å². The molecule has 2 N–H and O–H groups in total. The molecular formula is C10H20N2O4. The van der Waals surface area contributed by atoms with Gasteiger partial charge in [0.2, 0.25) is 5.91 Å². The minimum atomic E-state index is -1.03. The first-order chi connectivity index (χ1) is 7.47. The van der Waals surface area contributed by atoms with Gasteiger partial charge in [0.15, 0.2) is 0 Å². The zero-order chi connectivity index (χ0) is 12.6. The van der Waals surface area contributed by atoms with E-state index in [2.05, 4.69) is 5.32 Å². The van der Waals surface area contributed by atoms with Gasteiger partial charge in [0, 0.05) is 26.6 Å². The first-order valence-corrected chi connectivity index (χ1v) is 5.23. The van der Waals surface area contributed by atoms with Crippen LogP contribution in [0.4, 0.5) is 0 Å². The number of nitrogens with zero attached hydrogens (tertiary/aromatic N) is 1. The van der Waals surface area contributed by atoms with Crippen LogP contribution in [0.25, 0.3) is 0 Å². The molecule has 0 radical (unpaired) electrons. The molecule has 0 bridgehead atoms. The lowest BCUT2D eigenvalue weighted by atomic mass is 10.2. The zero-order valence-electron chi connectivity index (χ0n) is 10.0. The number of rotatable bonds is 8. The molecular weight excluding hydrogens is 212 g/mol. The van der Waals surface area contributed by atoms with E-state index in [1.165, 1.54) is 6.92 Å². The second-order valence-electron chi connectivity index (χ2n) is 3.55. The highest BCUT2D eigenvalue weighted by atomic mass is 16.5. The molecule has 1 atom stereocenters. The minimum Gasteiger partial charge on any atom is -0.480 e. The summed E-state index contributed by atoms with van der Waals surface area (Å²) in [6, 6.07) is -0.871. The molecule has 0 saturated carbocycles. The topological polar surface area (TPSA) is 78.9 Å². The van der Waals surface area contributed by atoms with Gasteiger partial charge in [0.25, 0.3) is 0 Å². The Labute approximate surface area is 95.6 Å². The van der Waals surface area contributed by atoms with E-state index >= 15 is 0 Å². The molecule has 6 nitrogen and oxygen atoms in total. The maximum Gasteiger partial charge on any atom is 0.327 e. The number of aliphatic carboxylic acids is 1. The third kappa shape index (κ3) is 7.19. The second-order valence-corrected chi connectivity index (χ2v) is 3.55. The average Bonchev–Trinajstić information content (AvgIpc) is 2.16. The number of hydrogen-bond donors (Lipinski definition) is 2. The minimum absolute atomic E-state index is 0.266. The van der Waals surface area contributed by atoms with Gasteiger partial charge in [-0.1, -0.05) is 0 Å². The van der Waals surface area contributed by atoms with Crippen molar-refractivity contribution in [2.45, 2.75) is 19.9 Å². The molecule has 94 valence electrons. The van der Waals surface area contributed by atoms with Crippen LogP contribution in [-0.2, 0) is 14.3 Å². The molecule has 0 spiro atoms. The first-order valence-electron chi connectivity index (χ1n) is 5.23. The van der Waals surface area contributed by atoms with E-state index in [9.17, 15) is 9.59 Å². The Morgan fingerprint density at radius 1 is 1.50 bits per heavy atom. The smallest absolute Gasteiger partial charge is 0.327 e. The Morgan fingerprint density at radius 2 is 2.12 bits per heavy atom. The number of amides is 1. The summed E-state index contributed by atoms with van der Waals surface area (Å²) >= 11 is 0. The van der Waals surface area contributed by atoms with Crippen LogP contribution in [0.2, 0.25) is 0 Å². The van der Waals surface area contributed by atoms with E-state index in [-0.39, 0.29) is 12.5 Å². The van der Waals surface area contributed by atoms with Crippen LogP contribution in [-0.4, -0.2) is 61.3 Å². The molecule has 0 aliphatic carbocycles. The zero-order valence-corrected chi connectivity index (χ0v) is 10.0. The van der Waals surface area contributed by atoms with Crippen LogP contribution in [0, 0.1) is 0 Å². The second kappa shape index (κ2) is 8.06. The van der Waals surface area contributed by atoms with Gasteiger partial charge in [-0.25, -0.2) is 4.79 Å². The molecule has 0 heterocycles. The van der Waals surface area contributed by atoms with Gasteiger partial charge < -0.3 is 20.1 Å². The SMILES string of the molecule is CCOCCN(C)CC(NC(C)=O)C(=O)O. The van der Waals surface area contributed by atoms with E-state index in [0.717, 1.165) is 0 Å². The van der Waals surface area contributed by atoms with Gasteiger partial charge >= 0.3 is 5.97 Å². The van der Waals surface area contributed by atoms with Crippen LogP contribution >= 0.6 is 0 Å². The van der Waals surface area contributed by atoms with Crippen molar-refractivity contribution < 1.29 is 19.4 Å². The van der Waals surface area contributed by atoms with Gasteiger partial charge in [0.1, 0.15) is 6.04 Å². The number of ether oxygens (including phenoxy) is 1. The summed E-state index contributed by atoms with van der Waals surface area (Å²) in [5, 5.41) is 11.2. The van der Waals surface area contributed by atoms with Gasteiger partial charge in [-0.3, -0.25) is 4.79 Å². The number of hydrogen-bond acceptors (Lipinski definition) is 4. The summed E-state index contributed by atoms with van der Waals surface area (Å²) in [6.45, 7) is 5.30. The molecule has 6 heteroatoms. The predicted molar refractivity (Wildman–Crippen MR) is 59.2 cm³/mol. The van der Waals surface area contributed by atoms with Crippen LogP contribution in [0.5, 0.6) is 0 Å². The largest absolute Gasteiger partial charge is 0.480 e. The highest BCUT2D eigenvalue weighted by molar-refractivity contribution is 5.82. The summed E-state index contributed by atoms with van der Waals surface area (Å²) in [5.74, 6) is -1.37. The lowest BCUT2D eigenvalue weighted by Crippen LogP contribution is -2.47. The van der Waals surface area contributed by atoms with Crippen molar-refractivity contribution in [3.05, 3.63) is 0 Å². The Hall–Kier alpha value is -1.14. The highest BCUT2D eigenvalue weighted by Crippen LogP contribution is 1.91. The summed E-state index contributed by atoms with van der Waals surface area (Å²) in [6.07, 6.45) is 0. The third-order valence-electron chi connectivity index (χ3n) is 1.99. The van der Waals surface area contributed by atoms with Crippen molar-refractivity contribution in [3.8, 4) is 0 Å². The molecule has 1 amide bonds. The fourth-order valence-corrected chi connectivity index (χ4v) is 1.20. The number of carboxylic acid groups (broad SMARTS) is 1. The third-order valence-corrected chi connectivity index (χ3v) is 1.99. The molecule has 0 aromatic rings. The Balaban J connectivity index is 3.98. The van der Waals surface area contributed by atoms with E-state index in [4.69, 9.17) is 9.84 Å². The Morgan fingerprint density at radius 3 is 2.56 bits per heavy atom. The van der Waals surface area contributed by atoms with Gasteiger partial charge in [0.05, 0.1) is 6.61 Å². The van der Waals surface area contributed by atoms with Crippen molar-refractivity contribution in [2.24, 2.45) is 0 Å². The Kier molecular flexibility index (Phi) is 7.49. The summed E-state index contributed by atoms with van der Waals surface area (Å²) < 4.78 is 5.15. The lowest BCUT2D eigenvalue weighted by molar-refractivity contribution is -0.142. The molecule has 0 aromatic heterocycles. The van der Waals surface area contributed by atoms with Crippen LogP contribution in [0.15, 0.2) is 0 Å². The summed E-state index contributed by atoms with van der Waals surface area (Å²) in [5.41, 5.74) is 0. The van der Waals surface area contributed by atoms with Gasteiger partial charge in [-0.05, 0) is 14.0 Å². The lowest BCUT2D eigenvalue weighted by Gasteiger charge is -2.21. The number of carboxylic acids is 1. The fraction of sp³-hybridized carbons (Fsp3) is 0.800. The molecule has 0 rings (SSSR count). The molecule has 0 aliphatic rings. The van der Waals surface area contributed by atoms with E-state index in [1.807, 2.05) is 11.8 Å². The summed E-state index contributed by atoms with van der Waals surface area (Å²) in [4.78, 5) is 23.4. The molecule has 1 unspecified atom stereocenters. The fourth-order valence-electron chi connectivity index (χ4n) is 1.20. The monoisotopic (exact) mass is 232 g/mol. The number of carbonyl (C=O) groups is 2. The maximum absolute atomic E-state index is 10.8. The van der Waals surface area contributed by atoms with Crippen molar-refractivity contribution in [1.82, 2.24) is 10.2 Å². The molecule has 0 aromatic carbocycles. The van der Waals surface area contributed by atoms with Gasteiger partial charge in [-0.2, -0.15) is 0 Å². The molecule has 0 aliphatic heterocycles. The quantitative estimate of drug-likeness (QED) is 0.554. The van der Waals surface area contributed by atoms with Gasteiger partial charge in [-0.15, -0.1) is 0 Å². The van der Waals surface area contributed by atoms with E-state index in [0.29, 0.717) is 19.8 Å². The highest BCUT2D eigenvalue weighted by Gasteiger charge is 2.19. The van der Waals surface area contributed by atoms with Crippen LogP contribution in [0.1, 0.15) is 13.8 Å². The van der Waals surface area contributed by atoms with E-state index < -0.39 is 12.0 Å². The maximum atomic E-state index is 10.8. The van der Waals surface area contributed by atoms with E-state index in [1.54, 1.807) is 7.05 Å². The predicted octanol–water partition coefficient (Wildman–Crippen LogP) is -0.456. The molecule has 16 heavy (non-hydrogen) atoms. The van der Waals surface area contributed by atoms with Crippen molar-refractivity contribution in [3.63, 3.8) is 0 Å². The van der Waals surface area contributed by atoms with Crippen molar-refractivity contribution >= 4 is 11.9 Å². The molecule has 0 saturated heterocycles. The first kappa shape index (κ1) is 14.9. The Bertz CT molecular complexity index is 233. The number of carbonyl (C=O) groups excluding carboxylic acids is 1. The van der Waals surface area contributed by atoms with Crippen molar-refractivity contribution in [2.75, 3.05) is 33.4 Å². The van der Waals surface area contributed by atoms with Crippen LogP contribution in [0.3, 0.4) is 0 Å².